The fourth-order valence-corrected chi connectivity index (χ4v) is 3.37. The summed E-state index contributed by atoms with van der Waals surface area (Å²) in [6, 6.07) is 8.14. The molecular formula is C19H23N7O2. The fraction of sp³-hybridized carbons (Fsp3) is 0.421. The van der Waals surface area contributed by atoms with Gasteiger partial charge in [-0.05, 0) is 30.5 Å². The molecule has 2 aromatic heterocycles. The van der Waals surface area contributed by atoms with Crippen LogP contribution in [0.3, 0.4) is 0 Å². The highest BCUT2D eigenvalue weighted by molar-refractivity contribution is 5.89. The van der Waals surface area contributed by atoms with Gasteiger partial charge >= 0.3 is 6.03 Å². The smallest absolute Gasteiger partial charge is 0.320 e. The Morgan fingerprint density at radius 3 is 2.93 bits per heavy atom. The Morgan fingerprint density at radius 2 is 2.11 bits per heavy atom. The third-order valence-electron chi connectivity index (χ3n) is 5.04. The van der Waals surface area contributed by atoms with E-state index >= 15 is 0 Å². The van der Waals surface area contributed by atoms with Crippen LogP contribution in [0, 0.1) is 0 Å². The summed E-state index contributed by atoms with van der Waals surface area (Å²) in [5.41, 5.74) is 3.86. The predicted octanol–water partition coefficient (Wildman–Crippen LogP) is 2.07. The van der Waals surface area contributed by atoms with Crippen LogP contribution in [0.4, 0.5) is 10.6 Å². The largest absolute Gasteiger partial charge is 0.379 e. The number of anilines is 1. The van der Waals surface area contributed by atoms with Crippen molar-refractivity contribution in [2.45, 2.75) is 25.4 Å². The van der Waals surface area contributed by atoms with E-state index in [1.165, 1.54) is 5.56 Å². The standard InChI is InChI=1S/C19H23N7O2/c27-19(20-13-2-3-13)23-17-10-16(24-25-17)18-21-14-4-1-12(9-15(14)22-18)11-26-5-7-28-8-6-26/h1,4,9-10,13H,2-3,5-8,11H2,(H,21,22)(H3,20,23,24,25,27). The quantitative estimate of drug-likeness (QED) is 0.541. The number of nitrogens with zero attached hydrogens (tertiary/aromatic N) is 3. The number of ether oxygens (including phenoxy) is 1. The third kappa shape index (κ3) is 3.85. The van der Waals surface area contributed by atoms with Crippen LogP contribution >= 0.6 is 0 Å². The van der Waals surface area contributed by atoms with Crippen molar-refractivity contribution in [1.82, 2.24) is 30.4 Å². The minimum Gasteiger partial charge on any atom is -0.379 e. The molecular weight excluding hydrogens is 358 g/mol. The van der Waals surface area contributed by atoms with Crippen molar-refractivity contribution in [1.29, 1.82) is 0 Å². The van der Waals surface area contributed by atoms with Crippen molar-refractivity contribution >= 4 is 22.9 Å². The molecule has 1 aliphatic heterocycles. The molecule has 2 aliphatic rings. The van der Waals surface area contributed by atoms with Crippen LogP contribution in [-0.4, -0.2) is 63.4 Å². The van der Waals surface area contributed by atoms with E-state index in [0.29, 0.717) is 17.7 Å². The molecule has 1 saturated carbocycles. The van der Waals surface area contributed by atoms with Crippen molar-refractivity contribution in [3.63, 3.8) is 0 Å². The average Bonchev–Trinajstić information content (AvgIpc) is 3.22. The van der Waals surface area contributed by atoms with Crippen LogP contribution < -0.4 is 10.6 Å². The van der Waals surface area contributed by atoms with Gasteiger partial charge in [0.2, 0.25) is 0 Å². The summed E-state index contributed by atoms with van der Waals surface area (Å²) in [5.74, 6) is 1.17. The van der Waals surface area contributed by atoms with E-state index in [1.54, 1.807) is 6.07 Å². The molecule has 0 bridgehead atoms. The highest BCUT2D eigenvalue weighted by Gasteiger charge is 2.23. The molecule has 9 nitrogen and oxygen atoms in total. The summed E-state index contributed by atoms with van der Waals surface area (Å²) in [5, 5.41) is 12.7. The number of imidazole rings is 1. The number of hydrogen-bond acceptors (Lipinski definition) is 5. The van der Waals surface area contributed by atoms with E-state index in [9.17, 15) is 4.79 Å². The van der Waals surface area contributed by atoms with Crippen molar-refractivity contribution in [3.8, 4) is 11.5 Å². The number of nitrogens with one attached hydrogen (secondary N) is 4. The normalized spacial score (nSPS) is 17.7. The Labute approximate surface area is 161 Å². The van der Waals surface area contributed by atoms with E-state index in [1.807, 2.05) is 6.07 Å². The Hall–Kier alpha value is -2.91. The summed E-state index contributed by atoms with van der Waals surface area (Å²) in [4.78, 5) is 22.2. The first-order valence-electron chi connectivity index (χ1n) is 9.65. The molecule has 5 rings (SSSR count). The number of carbonyl (C=O) groups is 1. The number of benzene rings is 1. The maximum absolute atomic E-state index is 11.8. The molecule has 3 aromatic rings. The highest BCUT2D eigenvalue weighted by atomic mass is 16.5. The van der Waals surface area contributed by atoms with E-state index in [0.717, 1.165) is 62.4 Å². The number of rotatable bonds is 5. The zero-order chi connectivity index (χ0) is 18.9. The molecule has 0 spiro atoms. The molecule has 2 amide bonds. The van der Waals surface area contributed by atoms with Gasteiger partial charge in [-0.25, -0.2) is 9.78 Å². The van der Waals surface area contributed by atoms with Gasteiger partial charge in [0.05, 0.1) is 24.2 Å². The van der Waals surface area contributed by atoms with Gasteiger partial charge in [-0.1, -0.05) is 6.07 Å². The Kier molecular flexibility index (Phi) is 4.46. The number of urea groups is 1. The maximum atomic E-state index is 11.8. The molecule has 9 heteroatoms. The van der Waals surface area contributed by atoms with Gasteiger partial charge < -0.3 is 15.0 Å². The van der Waals surface area contributed by atoms with Crippen LogP contribution in [-0.2, 0) is 11.3 Å². The SMILES string of the molecule is O=C(Nc1cc(-c2nc3ccc(CN4CCOCC4)cc3[nH]2)[nH]n1)NC1CC1. The Bertz CT molecular complexity index is 985. The van der Waals surface area contributed by atoms with E-state index in [4.69, 9.17) is 4.74 Å². The second-order valence-electron chi connectivity index (χ2n) is 7.37. The topological polar surface area (TPSA) is 111 Å². The molecule has 0 unspecified atom stereocenters. The number of hydrogen-bond donors (Lipinski definition) is 4. The first-order valence-corrected chi connectivity index (χ1v) is 9.65. The minimum absolute atomic E-state index is 0.224. The van der Waals surface area contributed by atoms with Crippen LogP contribution in [0.15, 0.2) is 24.3 Å². The van der Waals surface area contributed by atoms with Crippen LogP contribution in [0.2, 0.25) is 0 Å². The number of aromatic nitrogens is 4. The molecule has 2 fully saturated rings. The Balaban J connectivity index is 1.29. The van der Waals surface area contributed by atoms with Crippen molar-refractivity contribution < 1.29 is 9.53 Å². The van der Waals surface area contributed by atoms with Crippen molar-refractivity contribution in [2.24, 2.45) is 0 Å². The van der Waals surface area contributed by atoms with Gasteiger partial charge in [0.15, 0.2) is 11.6 Å². The number of amides is 2. The zero-order valence-electron chi connectivity index (χ0n) is 15.5. The summed E-state index contributed by atoms with van der Waals surface area (Å²) in [6.07, 6.45) is 2.09. The minimum atomic E-state index is -0.224. The lowest BCUT2D eigenvalue weighted by Gasteiger charge is -2.26. The van der Waals surface area contributed by atoms with Gasteiger partial charge in [0.25, 0.3) is 0 Å². The molecule has 28 heavy (non-hydrogen) atoms. The molecule has 146 valence electrons. The predicted molar refractivity (Wildman–Crippen MR) is 105 cm³/mol. The summed E-state index contributed by atoms with van der Waals surface area (Å²) in [6.45, 7) is 4.42. The van der Waals surface area contributed by atoms with Gasteiger partial charge in [-0.15, -0.1) is 0 Å². The second kappa shape index (κ2) is 7.25. The summed E-state index contributed by atoms with van der Waals surface area (Å²) < 4.78 is 5.41. The van der Waals surface area contributed by atoms with E-state index in [2.05, 4.69) is 47.8 Å². The monoisotopic (exact) mass is 381 g/mol. The number of aromatic amines is 2. The van der Waals surface area contributed by atoms with Gasteiger partial charge in [0.1, 0.15) is 5.69 Å². The summed E-state index contributed by atoms with van der Waals surface area (Å²) >= 11 is 0. The Morgan fingerprint density at radius 1 is 1.25 bits per heavy atom. The number of carbonyl (C=O) groups excluding carboxylic acids is 1. The average molecular weight is 381 g/mol. The lowest BCUT2D eigenvalue weighted by atomic mass is 10.2. The van der Waals surface area contributed by atoms with Gasteiger partial charge in [0, 0.05) is 31.7 Å². The molecule has 3 heterocycles. The number of morpholine rings is 1. The van der Waals surface area contributed by atoms with Crippen molar-refractivity contribution in [3.05, 3.63) is 29.8 Å². The first kappa shape index (κ1) is 17.2. The number of fused-ring (bicyclic) bond motifs is 1. The molecule has 0 atom stereocenters. The molecule has 1 saturated heterocycles. The highest BCUT2D eigenvalue weighted by Crippen LogP contribution is 2.23. The number of H-pyrrole nitrogens is 2. The second-order valence-corrected chi connectivity index (χ2v) is 7.37. The lowest BCUT2D eigenvalue weighted by Crippen LogP contribution is -2.35. The third-order valence-corrected chi connectivity index (χ3v) is 5.04. The van der Waals surface area contributed by atoms with Crippen LogP contribution in [0.25, 0.3) is 22.6 Å². The van der Waals surface area contributed by atoms with Gasteiger partial charge in [-0.2, -0.15) is 5.10 Å². The molecule has 0 radical (unpaired) electrons. The van der Waals surface area contributed by atoms with Crippen LogP contribution in [0.1, 0.15) is 18.4 Å². The fourth-order valence-electron chi connectivity index (χ4n) is 3.37. The maximum Gasteiger partial charge on any atom is 0.320 e. The molecule has 4 N–H and O–H groups in total. The van der Waals surface area contributed by atoms with Crippen LogP contribution in [0.5, 0.6) is 0 Å². The molecule has 1 aliphatic carbocycles. The van der Waals surface area contributed by atoms with E-state index in [-0.39, 0.29) is 6.03 Å². The van der Waals surface area contributed by atoms with Gasteiger partial charge in [-0.3, -0.25) is 15.3 Å². The zero-order valence-corrected chi connectivity index (χ0v) is 15.5. The van der Waals surface area contributed by atoms with E-state index < -0.39 is 0 Å². The van der Waals surface area contributed by atoms with Crippen molar-refractivity contribution in [2.75, 3.05) is 31.6 Å². The molecule has 1 aromatic carbocycles. The first-order chi connectivity index (χ1) is 13.7. The summed E-state index contributed by atoms with van der Waals surface area (Å²) in [7, 11) is 0. The lowest BCUT2D eigenvalue weighted by molar-refractivity contribution is 0.0342.